The number of carbonyl (C=O) groups excluding carboxylic acids is 2. The summed E-state index contributed by atoms with van der Waals surface area (Å²) in [6.45, 7) is 3.12. The van der Waals surface area contributed by atoms with Crippen LogP contribution in [0.3, 0.4) is 0 Å². The highest BCUT2D eigenvalue weighted by atomic mass is 35.5. The van der Waals surface area contributed by atoms with E-state index in [-0.39, 0.29) is 0 Å². The number of rotatable bonds is 9. The number of nitrogens with zero attached hydrogens (tertiary/aromatic N) is 1. The first-order valence-corrected chi connectivity index (χ1v) is 8.01. The standard InChI is InChI=1S/C16H22ClN3O5/c1-4-25-14-12(17)8-11(9-13(14)24-3)10-19-20-16(22)15(21)18-6-5-7-23-2/h8-10H,4-7H2,1-3H3,(H,18,21)(H,20,22)/b19-10-. The van der Waals surface area contributed by atoms with Crippen LogP contribution in [0.2, 0.25) is 5.02 Å². The van der Waals surface area contributed by atoms with Crippen LogP contribution in [0.5, 0.6) is 11.5 Å². The van der Waals surface area contributed by atoms with Crippen LogP contribution < -0.4 is 20.2 Å². The Hall–Kier alpha value is -2.32. The van der Waals surface area contributed by atoms with Crippen LogP contribution in [0.4, 0.5) is 0 Å². The highest BCUT2D eigenvalue weighted by Gasteiger charge is 2.12. The van der Waals surface area contributed by atoms with Crippen molar-refractivity contribution in [2.75, 3.05) is 34.0 Å². The molecule has 0 saturated heterocycles. The van der Waals surface area contributed by atoms with E-state index in [1.807, 2.05) is 6.92 Å². The number of hydrogen-bond acceptors (Lipinski definition) is 6. The third kappa shape index (κ3) is 6.98. The average Bonchev–Trinajstić information content (AvgIpc) is 2.60. The number of ether oxygens (including phenoxy) is 3. The molecule has 1 rings (SSSR count). The average molecular weight is 372 g/mol. The molecule has 0 aliphatic heterocycles. The molecule has 138 valence electrons. The minimum atomic E-state index is -0.863. The summed E-state index contributed by atoms with van der Waals surface area (Å²) in [5.41, 5.74) is 2.72. The summed E-state index contributed by atoms with van der Waals surface area (Å²) >= 11 is 6.14. The normalized spacial score (nSPS) is 10.6. The lowest BCUT2D eigenvalue weighted by Crippen LogP contribution is -2.38. The number of methoxy groups -OCH3 is 2. The molecule has 0 atom stereocenters. The third-order valence-electron chi connectivity index (χ3n) is 2.94. The van der Waals surface area contributed by atoms with Gasteiger partial charge in [0.15, 0.2) is 11.5 Å². The number of benzene rings is 1. The Bertz CT molecular complexity index is 622. The second kappa shape index (κ2) is 11.3. The highest BCUT2D eigenvalue weighted by Crippen LogP contribution is 2.35. The number of carbonyl (C=O) groups is 2. The van der Waals surface area contributed by atoms with Crippen LogP contribution in [0.25, 0.3) is 0 Å². The number of hydrazone groups is 1. The lowest BCUT2D eigenvalue weighted by Gasteiger charge is -2.11. The fourth-order valence-corrected chi connectivity index (χ4v) is 2.09. The first-order valence-electron chi connectivity index (χ1n) is 7.64. The van der Waals surface area contributed by atoms with Crippen LogP contribution in [0, 0.1) is 0 Å². The predicted octanol–water partition coefficient (Wildman–Crippen LogP) is 1.35. The van der Waals surface area contributed by atoms with Gasteiger partial charge in [0.25, 0.3) is 0 Å². The van der Waals surface area contributed by atoms with Crippen molar-refractivity contribution in [3.05, 3.63) is 22.7 Å². The molecule has 8 nitrogen and oxygen atoms in total. The van der Waals surface area contributed by atoms with Crippen LogP contribution in [0.1, 0.15) is 18.9 Å². The van der Waals surface area contributed by atoms with Crippen LogP contribution in [-0.4, -0.2) is 52.0 Å². The SMILES string of the molecule is CCOc1c(Cl)cc(/C=N\NC(=O)C(=O)NCCCOC)cc1OC. The molecule has 2 amide bonds. The van der Waals surface area contributed by atoms with Gasteiger partial charge in [-0.3, -0.25) is 9.59 Å². The Morgan fingerprint density at radius 2 is 2.04 bits per heavy atom. The van der Waals surface area contributed by atoms with E-state index in [9.17, 15) is 9.59 Å². The molecule has 0 spiro atoms. The second-order valence-corrected chi connectivity index (χ2v) is 5.18. The quantitative estimate of drug-likeness (QED) is 0.295. The van der Waals surface area contributed by atoms with Gasteiger partial charge in [0.2, 0.25) is 0 Å². The van der Waals surface area contributed by atoms with Crippen molar-refractivity contribution in [3.63, 3.8) is 0 Å². The first kappa shape index (κ1) is 20.7. The van der Waals surface area contributed by atoms with Gasteiger partial charge in [-0.25, -0.2) is 5.43 Å². The Morgan fingerprint density at radius 1 is 1.28 bits per heavy atom. The molecule has 0 aliphatic carbocycles. The largest absolute Gasteiger partial charge is 0.493 e. The highest BCUT2D eigenvalue weighted by molar-refractivity contribution is 6.35. The van der Waals surface area contributed by atoms with Gasteiger partial charge < -0.3 is 19.5 Å². The number of amides is 2. The first-order chi connectivity index (χ1) is 12.0. The number of hydrogen-bond donors (Lipinski definition) is 2. The Kier molecular flexibility index (Phi) is 9.34. The molecule has 0 saturated carbocycles. The van der Waals surface area contributed by atoms with Crippen LogP contribution >= 0.6 is 11.6 Å². The summed E-state index contributed by atoms with van der Waals surface area (Å²) in [5, 5.41) is 6.54. The van der Waals surface area contributed by atoms with E-state index >= 15 is 0 Å². The molecule has 0 fully saturated rings. The Balaban J connectivity index is 2.62. The molecule has 9 heteroatoms. The van der Waals surface area contributed by atoms with Crippen molar-refractivity contribution in [2.45, 2.75) is 13.3 Å². The molecule has 1 aromatic rings. The van der Waals surface area contributed by atoms with E-state index in [0.717, 1.165) is 0 Å². The summed E-state index contributed by atoms with van der Waals surface area (Å²) in [5.74, 6) is -0.755. The third-order valence-corrected chi connectivity index (χ3v) is 3.22. The van der Waals surface area contributed by atoms with Gasteiger partial charge in [-0.1, -0.05) is 11.6 Å². The fourth-order valence-electron chi connectivity index (χ4n) is 1.81. The molecule has 0 aliphatic rings. The van der Waals surface area contributed by atoms with Gasteiger partial charge in [0.1, 0.15) is 0 Å². The molecule has 0 aromatic heterocycles. The number of nitrogens with one attached hydrogen (secondary N) is 2. The molecule has 25 heavy (non-hydrogen) atoms. The van der Waals surface area contributed by atoms with Crippen molar-refractivity contribution >= 4 is 29.6 Å². The Morgan fingerprint density at radius 3 is 2.68 bits per heavy atom. The summed E-state index contributed by atoms with van der Waals surface area (Å²) in [6.07, 6.45) is 1.96. The van der Waals surface area contributed by atoms with Crippen molar-refractivity contribution in [2.24, 2.45) is 5.10 Å². The molecular formula is C16H22ClN3O5. The molecule has 0 radical (unpaired) electrons. The molecule has 0 unspecified atom stereocenters. The maximum Gasteiger partial charge on any atom is 0.329 e. The molecule has 0 heterocycles. The van der Waals surface area contributed by atoms with Crippen molar-refractivity contribution < 1.29 is 23.8 Å². The van der Waals surface area contributed by atoms with Gasteiger partial charge in [-0.05, 0) is 31.0 Å². The van der Waals surface area contributed by atoms with Crippen LogP contribution in [-0.2, 0) is 14.3 Å². The van der Waals surface area contributed by atoms with Gasteiger partial charge in [0, 0.05) is 20.3 Å². The van der Waals surface area contributed by atoms with Crippen molar-refractivity contribution in [1.82, 2.24) is 10.7 Å². The lowest BCUT2D eigenvalue weighted by molar-refractivity contribution is -0.139. The summed E-state index contributed by atoms with van der Waals surface area (Å²) < 4.78 is 15.5. The zero-order valence-corrected chi connectivity index (χ0v) is 15.2. The summed E-state index contributed by atoms with van der Waals surface area (Å²) in [4.78, 5) is 23.1. The van der Waals surface area contributed by atoms with E-state index in [1.165, 1.54) is 13.3 Å². The van der Waals surface area contributed by atoms with Gasteiger partial charge in [0.05, 0.1) is 25.0 Å². The second-order valence-electron chi connectivity index (χ2n) is 4.77. The molecule has 1 aromatic carbocycles. The minimum Gasteiger partial charge on any atom is -0.493 e. The van der Waals surface area contributed by atoms with E-state index in [4.69, 9.17) is 25.8 Å². The van der Waals surface area contributed by atoms with Gasteiger partial charge in [-0.2, -0.15) is 5.10 Å². The molecule has 0 bridgehead atoms. The summed E-state index contributed by atoms with van der Waals surface area (Å²) in [6, 6.07) is 3.26. The van der Waals surface area contributed by atoms with E-state index in [2.05, 4.69) is 15.8 Å². The maximum absolute atomic E-state index is 11.6. The van der Waals surface area contributed by atoms with E-state index in [1.54, 1.807) is 19.2 Å². The lowest BCUT2D eigenvalue weighted by atomic mass is 10.2. The van der Waals surface area contributed by atoms with Gasteiger partial charge >= 0.3 is 11.8 Å². The number of halogens is 1. The van der Waals surface area contributed by atoms with Crippen LogP contribution in [0.15, 0.2) is 17.2 Å². The fraction of sp³-hybridized carbons (Fsp3) is 0.438. The molecular weight excluding hydrogens is 350 g/mol. The van der Waals surface area contributed by atoms with E-state index in [0.29, 0.717) is 48.3 Å². The molecule has 2 N–H and O–H groups in total. The Labute approximate surface area is 151 Å². The van der Waals surface area contributed by atoms with Crippen molar-refractivity contribution in [3.8, 4) is 11.5 Å². The predicted molar refractivity (Wildman–Crippen MR) is 94.4 cm³/mol. The van der Waals surface area contributed by atoms with Crippen molar-refractivity contribution in [1.29, 1.82) is 0 Å². The van der Waals surface area contributed by atoms with Gasteiger partial charge in [-0.15, -0.1) is 0 Å². The zero-order valence-electron chi connectivity index (χ0n) is 14.4. The maximum atomic E-state index is 11.6. The topological polar surface area (TPSA) is 98.2 Å². The monoisotopic (exact) mass is 371 g/mol. The summed E-state index contributed by atoms with van der Waals surface area (Å²) in [7, 11) is 3.05. The zero-order chi connectivity index (χ0) is 18.7. The van der Waals surface area contributed by atoms with E-state index < -0.39 is 11.8 Å². The minimum absolute atomic E-state index is 0.343. The smallest absolute Gasteiger partial charge is 0.329 e.